The second-order valence-electron chi connectivity index (χ2n) is 8.09. The van der Waals surface area contributed by atoms with Crippen LogP contribution < -0.4 is 4.90 Å². The van der Waals surface area contributed by atoms with E-state index in [2.05, 4.69) is 19.1 Å². The molecule has 0 saturated carbocycles. The van der Waals surface area contributed by atoms with E-state index in [0.29, 0.717) is 13.1 Å². The van der Waals surface area contributed by atoms with Crippen LogP contribution in [-0.4, -0.2) is 36.3 Å². The first-order chi connectivity index (χ1) is 13.5. The maximum Gasteiger partial charge on any atom is 0.253 e. The molecule has 2 aromatic rings. The summed E-state index contributed by atoms with van der Waals surface area (Å²) in [6, 6.07) is 14.1. The maximum absolute atomic E-state index is 13.2. The number of fused-ring (bicyclic) bond motifs is 1. The first-order valence-electron chi connectivity index (χ1n) is 10.3. The Morgan fingerprint density at radius 1 is 0.929 bits per heavy atom. The van der Waals surface area contributed by atoms with Crippen molar-refractivity contribution < 1.29 is 9.59 Å². The van der Waals surface area contributed by atoms with Crippen molar-refractivity contribution in [3.8, 4) is 0 Å². The molecule has 4 rings (SSSR count). The quantitative estimate of drug-likeness (QED) is 0.790. The number of piperidine rings is 1. The molecule has 0 radical (unpaired) electrons. The lowest BCUT2D eigenvalue weighted by atomic mass is 9.92. The predicted molar refractivity (Wildman–Crippen MR) is 112 cm³/mol. The van der Waals surface area contributed by atoms with Gasteiger partial charge in [0.15, 0.2) is 0 Å². The van der Waals surface area contributed by atoms with Crippen molar-refractivity contribution in [2.45, 2.75) is 39.5 Å². The van der Waals surface area contributed by atoms with E-state index in [1.807, 2.05) is 47.1 Å². The van der Waals surface area contributed by atoms with E-state index in [4.69, 9.17) is 0 Å². The Balaban J connectivity index is 1.41. The summed E-state index contributed by atoms with van der Waals surface area (Å²) in [5, 5.41) is 0. The first kappa shape index (κ1) is 18.7. The third kappa shape index (κ3) is 3.56. The van der Waals surface area contributed by atoms with Crippen molar-refractivity contribution in [3.05, 3.63) is 64.7 Å². The lowest BCUT2D eigenvalue weighted by Crippen LogP contribution is -2.45. The third-order valence-corrected chi connectivity index (χ3v) is 6.26. The minimum absolute atomic E-state index is 0.00922. The van der Waals surface area contributed by atoms with E-state index in [1.165, 1.54) is 11.1 Å². The number of amides is 2. The third-order valence-electron chi connectivity index (χ3n) is 6.26. The van der Waals surface area contributed by atoms with Crippen molar-refractivity contribution >= 4 is 17.5 Å². The minimum Gasteiger partial charge on any atom is -0.339 e. The lowest BCUT2D eigenvalue weighted by Gasteiger charge is -2.36. The maximum atomic E-state index is 13.2. The van der Waals surface area contributed by atoms with Gasteiger partial charge in [-0.15, -0.1) is 0 Å². The van der Waals surface area contributed by atoms with Gasteiger partial charge < -0.3 is 9.80 Å². The molecule has 0 spiro atoms. The summed E-state index contributed by atoms with van der Waals surface area (Å²) < 4.78 is 0. The normalized spacial score (nSPS) is 17.4. The molecule has 0 N–H and O–H groups in total. The van der Waals surface area contributed by atoms with Crippen LogP contribution in [0.25, 0.3) is 0 Å². The van der Waals surface area contributed by atoms with Gasteiger partial charge in [-0.1, -0.05) is 24.3 Å². The molecule has 0 atom stereocenters. The van der Waals surface area contributed by atoms with Crippen molar-refractivity contribution in [1.82, 2.24) is 4.90 Å². The highest BCUT2D eigenvalue weighted by atomic mass is 16.2. The summed E-state index contributed by atoms with van der Waals surface area (Å²) in [4.78, 5) is 29.9. The molecule has 2 aliphatic rings. The zero-order valence-electron chi connectivity index (χ0n) is 16.8. The van der Waals surface area contributed by atoms with Gasteiger partial charge in [0.25, 0.3) is 5.91 Å². The minimum atomic E-state index is 0.00922. The zero-order chi connectivity index (χ0) is 19.7. The molecule has 2 heterocycles. The van der Waals surface area contributed by atoms with Crippen molar-refractivity contribution in [2.24, 2.45) is 5.92 Å². The van der Waals surface area contributed by atoms with E-state index < -0.39 is 0 Å². The molecule has 2 amide bonds. The summed E-state index contributed by atoms with van der Waals surface area (Å²) in [5.41, 5.74) is 5.43. The van der Waals surface area contributed by atoms with Gasteiger partial charge in [0, 0.05) is 36.8 Å². The average Bonchev–Trinajstić information content (AvgIpc) is 2.74. The summed E-state index contributed by atoms with van der Waals surface area (Å²) in [6.45, 7) is 6.19. The van der Waals surface area contributed by atoms with Crippen molar-refractivity contribution in [2.75, 3.05) is 24.5 Å². The number of aryl methyl sites for hydroxylation is 3. The largest absolute Gasteiger partial charge is 0.339 e. The molecule has 146 valence electrons. The van der Waals surface area contributed by atoms with Gasteiger partial charge in [-0.3, -0.25) is 9.59 Å². The number of para-hydroxylation sites is 1. The number of likely N-dealkylation sites (tertiary alicyclic amines) is 1. The van der Waals surface area contributed by atoms with Crippen LogP contribution in [0.3, 0.4) is 0 Å². The van der Waals surface area contributed by atoms with E-state index in [-0.39, 0.29) is 17.7 Å². The Morgan fingerprint density at radius 2 is 1.68 bits per heavy atom. The predicted octanol–water partition coefficient (Wildman–Crippen LogP) is 4.14. The highest BCUT2D eigenvalue weighted by Gasteiger charge is 2.32. The van der Waals surface area contributed by atoms with Crippen LogP contribution in [0.5, 0.6) is 0 Å². The molecule has 0 aromatic heterocycles. The number of carbonyl (C=O) groups excluding carboxylic acids is 2. The number of carbonyl (C=O) groups is 2. The monoisotopic (exact) mass is 376 g/mol. The van der Waals surface area contributed by atoms with E-state index in [1.54, 1.807) is 0 Å². The van der Waals surface area contributed by atoms with Crippen molar-refractivity contribution in [1.29, 1.82) is 0 Å². The van der Waals surface area contributed by atoms with Gasteiger partial charge in [0.2, 0.25) is 5.91 Å². The number of nitrogens with zero attached hydrogens (tertiary/aromatic N) is 2. The van der Waals surface area contributed by atoms with E-state index in [9.17, 15) is 9.59 Å². The Bertz CT molecular complexity index is 897. The second-order valence-corrected chi connectivity index (χ2v) is 8.09. The number of hydrogen-bond acceptors (Lipinski definition) is 2. The molecule has 0 unspecified atom stereocenters. The Morgan fingerprint density at radius 3 is 2.43 bits per heavy atom. The van der Waals surface area contributed by atoms with Crippen LogP contribution in [0, 0.1) is 19.8 Å². The summed E-state index contributed by atoms with van der Waals surface area (Å²) >= 11 is 0. The number of rotatable bonds is 2. The van der Waals surface area contributed by atoms with Crippen LogP contribution in [0.2, 0.25) is 0 Å². The lowest BCUT2D eigenvalue weighted by molar-refractivity contribution is -0.123. The highest BCUT2D eigenvalue weighted by molar-refractivity contribution is 5.97. The molecule has 1 saturated heterocycles. The van der Waals surface area contributed by atoms with Gasteiger partial charge in [-0.25, -0.2) is 0 Å². The molecule has 28 heavy (non-hydrogen) atoms. The number of hydrogen-bond donors (Lipinski definition) is 0. The average molecular weight is 377 g/mol. The summed E-state index contributed by atoms with van der Waals surface area (Å²) in [5.74, 6) is 0.317. The highest BCUT2D eigenvalue weighted by Crippen LogP contribution is 2.30. The Hall–Kier alpha value is -2.62. The van der Waals surface area contributed by atoms with Gasteiger partial charge >= 0.3 is 0 Å². The van der Waals surface area contributed by atoms with Crippen LogP contribution in [0.15, 0.2) is 42.5 Å². The van der Waals surface area contributed by atoms with Gasteiger partial charge in [-0.2, -0.15) is 0 Å². The topological polar surface area (TPSA) is 40.6 Å². The van der Waals surface area contributed by atoms with Crippen LogP contribution >= 0.6 is 0 Å². The van der Waals surface area contributed by atoms with Gasteiger partial charge in [0.1, 0.15) is 0 Å². The molecule has 0 aliphatic carbocycles. The Labute approximate surface area is 167 Å². The fourth-order valence-electron chi connectivity index (χ4n) is 4.37. The molecular formula is C24H28N2O2. The van der Waals surface area contributed by atoms with Crippen LogP contribution in [0.4, 0.5) is 5.69 Å². The fourth-order valence-corrected chi connectivity index (χ4v) is 4.37. The molecular weight excluding hydrogens is 348 g/mol. The van der Waals surface area contributed by atoms with Crippen LogP contribution in [0.1, 0.15) is 46.3 Å². The summed E-state index contributed by atoms with van der Waals surface area (Å²) in [6.07, 6.45) is 3.55. The van der Waals surface area contributed by atoms with Crippen molar-refractivity contribution in [3.63, 3.8) is 0 Å². The standard InChI is InChI=1S/C24H28N2O2/c1-17-9-10-21(16-18(17)2)23(27)25-14-11-20(12-15-25)24(28)26-13-5-7-19-6-3-4-8-22(19)26/h3-4,6,8-10,16,20H,5,7,11-15H2,1-2H3. The van der Waals surface area contributed by atoms with Crippen LogP contribution in [-0.2, 0) is 11.2 Å². The molecule has 4 heteroatoms. The SMILES string of the molecule is Cc1ccc(C(=O)N2CCC(C(=O)N3CCCc4ccccc43)CC2)cc1C. The Kier molecular flexibility index (Phi) is 5.21. The molecule has 2 aromatic carbocycles. The molecule has 0 bridgehead atoms. The number of benzene rings is 2. The van der Waals surface area contributed by atoms with E-state index in [0.717, 1.165) is 49.0 Å². The molecule has 1 fully saturated rings. The molecule has 2 aliphatic heterocycles. The van der Waals surface area contributed by atoms with Gasteiger partial charge in [-0.05, 0) is 74.4 Å². The smallest absolute Gasteiger partial charge is 0.253 e. The zero-order valence-corrected chi connectivity index (χ0v) is 16.8. The summed E-state index contributed by atoms with van der Waals surface area (Å²) in [7, 11) is 0. The fraction of sp³-hybridized carbons (Fsp3) is 0.417. The second kappa shape index (κ2) is 7.78. The number of anilines is 1. The first-order valence-corrected chi connectivity index (χ1v) is 10.3. The molecule has 4 nitrogen and oxygen atoms in total. The van der Waals surface area contributed by atoms with Gasteiger partial charge in [0.05, 0.1) is 0 Å². The van der Waals surface area contributed by atoms with E-state index >= 15 is 0 Å².